The van der Waals surface area contributed by atoms with Crippen LogP contribution in [0, 0.1) is 0 Å². The van der Waals surface area contributed by atoms with Crippen LogP contribution in [-0.4, -0.2) is 62.8 Å². The minimum absolute atomic E-state index is 0.156. The van der Waals surface area contributed by atoms with Crippen LogP contribution in [0.15, 0.2) is 60.7 Å². The fraction of sp³-hybridized carbons (Fsp3) is 0.368. The zero-order chi connectivity index (χ0) is 17.1. The Morgan fingerprint density at radius 3 is 1.42 bits per heavy atom. The number of likely N-dealkylation sites (tertiary alicyclic amines) is 1. The summed E-state index contributed by atoms with van der Waals surface area (Å²) in [6.07, 6.45) is -4.99. The fourth-order valence-electron chi connectivity index (χ4n) is 3.32. The Bertz CT molecular complexity index is 581. The summed E-state index contributed by atoms with van der Waals surface area (Å²) in [7, 11) is 0. The zero-order valence-electron chi connectivity index (χ0n) is 13.3. The van der Waals surface area contributed by atoms with Crippen LogP contribution in [-0.2, 0) is 0 Å². The average molecular weight is 329 g/mol. The molecule has 0 saturated carbocycles. The number of aliphatic hydroxyl groups excluding tert-OH is 4. The summed E-state index contributed by atoms with van der Waals surface area (Å²) in [5, 5.41) is 40.3. The normalized spacial score (nSPS) is 28.7. The van der Waals surface area contributed by atoms with Gasteiger partial charge < -0.3 is 20.4 Å². The lowest BCUT2D eigenvalue weighted by atomic mass is 9.96. The Kier molecular flexibility index (Phi) is 5.28. The predicted molar refractivity (Wildman–Crippen MR) is 90.3 cm³/mol. The van der Waals surface area contributed by atoms with E-state index in [0.29, 0.717) is 0 Å². The third-order valence-electron chi connectivity index (χ3n) is 4.58. The maximum Gasteiger partial charge on any atom is 0.110 e. The summed E-state index contributed by atoms with van der Waals surface area (Å²) in [5.74, 6) is 0. The number of hydrogen-bond acceptors (Lipinski definition) is 5. The molecule has 4 N–H and O–H groups in total. The van der Waals surface area contributed by atoms with Gasteiger partial charge in [-0.2, -0.15) is 0 Å². The summed E-state index contributed by atoms with van der Waals surface area (Å²) in [4.78, 5) is 1.90. The summed E-state index contributed by atoms with van der Waals surface area (Å²) in [6, 6.07) is 19.4. The summed E-state index contributed by atoms with van der Waals surface area (Å²) < 4.78 is 0. The number of hydrogen-bond donors (Lipinski definition) is 4. The minimum Gasteiger partial charge on any atom is -0.389 e. The van der Waals surface area contributed by atoms with Crippen LogP contribution in [0.25, 0.3) is 0 Å². The van der Waals surface area contributed by atoms with Crippen molar-refractivity contribution < 1.29 is 20.4 Å². The highest BCUT2D eigenvalue weighted by atomic mass is 16.4. The molecule has 1 saturated heterocycles. The van der Waals surface area contributed by atoms with Gasteiger partial charge in [0.25, 0.3) is 0 Å². The van der Waals surface area contributed by atoms with Gasteiger partial charge in [0.05, 0.1) is 18.2 Å². The molecular formula is C19H23NO4. The molecule has 2 aromatic rings. The molecule has 1 fully saturated rings. The molecule has 1 aliphatic heterocycles. The second kappa shape index (κ2) is 7.42. The van der Waals surface area contributed by atoms with Crippen LogP contribution < -0.4 is 0 Å². The molecule has 1 heterocycles. The van der Waals surface area contributed by atoms with Gasteiger partial charge in [-0.25, -0.2) is 0 Å². The van der Waals surface area contributed by atoms with Gasteiger partial charge in [-0.3, -0.25) is 4.90 Å². The molecule has 2 aromatic carbocycles. The number of nitrogens with zero attached hydrogens (tertiary/aromatic N) is 1. The van der Waals surface area contributed by atoms with E-state index < -0.39 is 24.4 Å². The molecule has 0 spiro atoms. The van der Waals surface area contributed by atoms with Crippen LogP contribution in [0.1, 0.15) is 17.2 Å². The number of benzene rings is 2. The highest BCUT2D eigenvalue weighted by molar-refractivity contribution is 5.32. The lowest BCUT2D eigenvalue weighted by Gasteiger charge is -2.33. The second-order valence-electron chi connectivity index (χ2n) is 6.29. The van der Waals surface area contributed by atoms with Gasteiger partial charge in [0, 0.05) is 13.1 Å². The average Bonchev–Trinajstić information content (AvgIpc) is 2.70. The molecule has 5 nitrogen and oxygen atoms in total. The third-order valence-corrected chi connectivity index (χ3v) is 4.58. The number of rotatable bonds is 3. The van der Waals surface area contributed by atoms with Crippen molar-refractivity contribution in [3.63, 3.8) is 0 Å². The van der Waals surface area contributed by atoms with Gasteiger partial charge in [0.2, 0.25) is 0 Å². The van der Waals surface area contributed by atoms with Crippen LogP contribution in [0.3, 0.4) is 0 Å². The van der Waals surface area contributed by atoms with Crippen molar-refractivity contribution in [2.45, 2.75) is 30.5 Å². The van der Waals surface area contributed by atoms with Gasteiger partial charge in [-0.1, -0.05) is 60.7 Å². The molecule has 4 unspecified atom stereocenters. The van der Waals surface area contributed by atoms with Gasteiger partial charge in [0.1, 0.15) is 12.2 Å². The number of aliphatic hydroxyl groups is 4. The standard InChI is InChI=1S/C19H23NO4/c21-15-11-20(12-16(22)19(24)18(15)23)17(13-7-3-1-4-8-13)14-9-5-2-6-10-14/h1-10,15-19,21-24H,11-12H2. The molecule has 0 bridgehead atoms. The lowest BCUT2D eigenvalue weighted by Crippen LogP contribution is -2.43. The maximum atomic E-state index is 10.2. The smallest absolute Gasteiger partial charge is 0.110 e. The van der Waals surface area contributed by atoms with E-state index in [-0.39, 0.29) is 19.1 Å². The maximum absolute atomic E-state index is 10.2. The Balaban J connectivity index is 1.99. The Morgan fingerprint density at radius 2 is 1.04 bits per heavy atom. The van der Waals surface area contributed by atoms with Crippen molar-refractivity contribution in [3.05, 3.63) is 71.8 Å². The van der Waals surface area contributed by atoms with E-state index >= 15 is 0 Å². The molecule has 1 aliphatic rings. The molecule has 4 atom stereocenters. The first kappa shape index (κ1) is 17.1. The molecule has 24 heavy (non-hydrogen) atoms. The van der Waals surface area contributed by atoms with Crippen molar-refractivity contribution in [1.29, 1.82) is 0 Å². The predicted octanol–water partition coefficient (Wildman–Crippen LogP) is 0.535. The zero-order valence-corrected chi connectivity index (χ0v) is 13.3. The fourth-order valence-corrected chi connectivity index (χ4v) is 3.32. The minimum atomic E-state index is -1.36. The molecule has 0 aliphatic carbocycles. The third kappa shape index (κ3) is 3.50. The summed E-state index contributed by atoms with van der Waals surface area (Å²) >= 11 is 0. The van der Waals surface area contributed by atoms with Gasteiger partial charge in [0.15, 0.2) is 0 Å². The van der Waals surface area contributed by atoms with Crippen LogP contribution >= 0.6 is 0 Å². The molecule has 3 rings (SSSR count). The Morgan fingerprint density at radius 1 is 0.667 bits per heavy atom. The van der Waals surface area contributed by atoms with Crippen molar-refractivity contribution in [2.24, 2.45) is 0 Å². The van der Waals surface area contributed by atoms with E-state index in [9.17, 15) is 20.4 Å². The van der Waals surface area contributed by atoms with E-state index in [2.05, 4.69) is 0 Å². The van der Waals surface area contributed by atoms with E-state index in [1.807, 2.05) is 65.6 Å². The molecule has 0 radical (unpaired) electrons. The Hall–Kier alpha value is -1.76. The van der Waals surface area contributed by atoms with Crippen molar-refractivity contribution in [1.82, 2.24) is 4.90 Å². The summed E-state index contributed by atoms with van der Waals surface area (Å²) in [5.41, 5.74) is 2.04. The summed E-state index contributed by atoms with van der Waals surface area (Å²) in [6.45, 7) is 0.313. The Labute approximate surface area is 141 Å². The lowest BCUT2D eigenvalue weighted by molar-refractivity contribution is -0.0894. The highest BCUT2D eigenvalue weighted by Crippen LogP contribution is 2.31. The first-order valence-corrected chi connectivity index (χ1v) is 8.14. The van der Waals surface area contributed by atoms with Crippen molar-refractivity contribution in [3.8, 4) is 0 Å². The van der Waals surface area contributed by atoms with Crippen LogP contribution in [0.4, 0.5) is 0 Å². The molecule has 0 aromatic heterocycles. The first-order chi connectivity index (χ1) is 11.6. The SMILES string of the molecule is OC1CN(C(c2ccccc2)c2ccccc2)CC(O)C(O)C1O. The highest BCUT2D eigenvalue weighted by Gasteiger charge is 2.38. The largest absolute Gasteiger partial charge is 0.389 e. The molecule has 0 amide bonds. The van der Waals surface area contributed by atoms with E-state index in [4.69, 9.17) is 0 Å². The van der Waals surface area contributed by atoms with E-state index in [0.717, 1.165) is 11.1 Å². The van der Waals surface area contributed by atoms with Gasteiger partial charge >= 0.3 is 0 Å². The second-order valence-corrected chi connectivity index (χ2v) is 6.29. The first-order valence-electron chi connectivity index (χ1n) is 8.14. The van der Waals surface area contributed by atoms with E-state index in [1.54, 1.807) is 0 Å². The number of β-amino-alcohol motifs (C(OH)–C–C–N with tert-alkyl or cyclic N) is 2. The molecule has 128 valence electrons. The quantitative estimate of drug-likeness (QED) is 0.660. The topological polar surface area (TPSA) is 84.2 Å². The van der Waals surface area contributed by atoms with E-state index in [1.165, 1.54) is 0 Å². The monoisotopic (exact) mass is 329 g/mol. The molecule has 5 heteroatoms. The van der Waals surface area contributed by atoms with Crippen molar-refractivity contribution in [2.75, 3.05) is 13.1 Å². The molecular weight excluding hydrogens is 306 g/mol. The van der Waals surface area contributed by atoms with Crippen LogP contribution in [0.2, 0.25) is 0 Å². The van der Waals surface area contributed by atoms with Crippen LogP contribution in [0.5, 0.6) is 0 Å². The van der Waals surface area contributed by atoms with Crippen molar-refractivity contribution >= 4 is 0 Å². The van der Waals surface area contributed by atoms with Gasteiger partial charge in [-0.15, -0.1) is 0 Å². The van der Waals surface area contributed by atoms with Gasteiger partial charge in [-0.05, 0) is 11.1 Å².